The number of aromatic carboxylic acids is 1. The molecule has 0 heterocycles. The lowest BCUT2D eigenvalue weighted by atomic mass is 10.1. The number of carbonyl (C=O) groups is 1. The van der Waals surface area contributed by atoms with Gasteiger partial charge in [0.1, 0.15) is 0 Å². The molecule has 0 amide bonds. The number of hydrogen-bond donors (Lipinski definition) is 1. The molecule has 80 valence electrons. The minimum Gasteiger partial charge on any atom is -0.478 e. The molecule has 0 aromatic heterocycles. The van der Waals surface area contributed by atoms with E-state index in [0.717, 1.165) is 6.08 Å². The second-order valence-electron chi connectivity index (χ2n) is 2.71. The van der Waals surface area contributed by atoms with Gasteiger partial charge in [0, 0.05) is 0 Å². The zero-order chi connectivity index (χ0) is 11.5. The molecule has 0 unspecified atom stereocenters. The maximum atomic E-state index is 12.1. The van der Waals surface area contributed by atoms with E-state index in [-0.39, 0.29) is 5.56 Å². The van der Waals surface area contributed by atoms with Crippen LogP contribution in [0.1, 0.15) is 15.9 Å². The van der Waals surface area contributed by atoms with Gasteiger partial charge >= 0.3 is 16.2 Å². The third-order valence-electron chi connectivity index (χ3n) is 1.58. The third kappa shape index (κ3) is 3.90. The van der Waals surface area contributed by atoms with Crippen LogP contribution in [0.2, 0.25) is 0 Å². The normalized spacial score (nSPS) is 11.8. The number of hydrogen-bond acceptors (Lipinski definition) is 3. The van der Waals surface area contributed by atoms with E-state index in [1.165, 1.54) is 24.3 Å². The maximum absolute atomic E-state index is 12.1. The van der Waals surface area contributed by atoms with E-state index >= 15 is 0 Å². The fraction of sp³-hybridized carbons (Fsp3) is 0. The van der Waals surface area contributed by atoms with Gasteiger partial charge < -0.3 is 5.11 Å². The molecule has 1 aromatic rings. The number of benzene rings is 1. The SMILES string of the molecule is O=C(O)c1ccc(/C=C/S(=O)(=O)F)cc1. The Morgan fingerprint density at radius 3 is 2.20 bits per heavy atom. The molecule has 6 heteroatoms. The standard InChI is InChI=1S/C9H7FO4S/c10-15(13,14)6-5-7-1-3-8(4-2-7)9(11)12/h1-6H,(H,11,12)/b6-5+. The van der Waals surface area contributed by atoms with E-state index in [9.17, 15) is 17.1 Å². The Hall–Kier alpha value is -1.69. The van der Waals surface area contributed by atoms with Crippen molar-refractivity contribution in [3.8, 4) is 0 Å². The molecule has 0 aliphatic rings. The van der Waals surface area contributed by atoms with Gasteiger partial charge in [-0.1, -0.05) is 12.1 Å². The van der Waals surface area contributed by atoms with Gasteiger partial charge in [-0.15, -0.1) is 3.89 Å². The first-order chi connectivity index (χ1) is 6.88. The summed E-state index contributed by atoms with van der Waals surface area (Å²) in [7, 11) is -4.65. The number of rotatable bonds is 3. The largest absolute Gasteiger partial charge is 0.478 e. The summed E-state index contributed by atoms with van der Waals surface area (Å²) in [5.74, 6) is -1.08. The average Bonchev–Trinajstić information content (AvgIpc) is 2.14. The number of halogens is 1. The number of carboxylic acid groups (broad SMARTS) is 1. The van der Waals surface area contributed by atoms with E-state index < -0.39 is 16.2 Å². The van der Waals surface area contributed by atoms with E-state index in [2.05, 4.69) is 0 Å². The average molecular weight is 230 g/mol. The Kier molecular flexibility index (Phi) is 3.21. The van der Waals surface area contributed by atoms with Gasteiger partial charge in [-0.2, -0.15) is 8.42 Å². The van der Waals surface area contributed by atoms with Crippen molar-refractivity contribution in [1.29, 1.82) is 0 Å². The Morgan fingerprint density at radius 2 is 1.80 bits per heavy atom. The molecule has 0 radical (unpaired) electrons. The maximum Gasteiger partial charge on any atom is 0.335 e. The van der Waals surface area contributed by atoms with Gasteiger partial charge in [0.25, 0.3) is 0 Å². The smallest absolute Gasteiger partial charge is 0.335 e. The lowest BCUT2D eigenvalue weighted by Crippen LogP contribution is -1.94. The Labute approximate surface area is 85.9 Å². The molecule has 0 atom stereocenters. The van der Waals surface area contributed by atoms with Crippen LogP contribution in [0.25, 0.3) is 6.08 Å². The molecule has 0 fully saturated rings. The predicted molar refractivity (Wildman–Crippen MR) is 52.5 cm³/mol. The van der Waals surface area contributed by atoms with Crippen molar-refractivity contribution < 1.29 is 22.2 Å². The van der Waals surface area contributed by atoms with Crippen LogP contribution < -0.4 is 0 Å². The molecule has 0 bridgehead atoms. The topological polar surface area (TPSA) is 71.4 Å². The van der Waals surface area contributed by atoms with Crippen LogP contribution in [0.15, 0.2) is 29.7 Å². The molecule has 15 heavy (non-hydrogen) atoms. The molecule has 4 nitrogen and oxygen atoms in total. The van der Waals surface area contributed by atoms with Crippen LogP contribution in [0.3, 0.4) is 0 Å². The molecule has 0 saturated heterocycles. The summed E-state index contributed by atoms with van der Waals surface area (Å²) in [6.45, 7) is 0. The van der Waals surface area contributed by atoms with Gasteiger partial charge in [-0.3, -0.25) is 0 Å². The first kappa shape index (κ1) is 11.4. The van der Waals surface area contributed by atoms with E-state index in [1.54, 1.807) is 0 Å². The van der Waals surface area contributed by atoms with Crippen molar-refractivity contribution in [1.82, 2.24) is 0 Å². The first-order valence-electron chi connectivity index (χ1n) is 3.84. The van der Waals surface area contributed by atoms with Crippen molar-refractivity contribution in [3.05, 3.63) is 40.8 Å². The zero-order valence-electron chi connectivity index (χ0n) is 7.42. The molecular formula is C9H7FO4S. The first-order valence-corrected chi connectivity index (χ1v) is 5.29. The highest BCUT2D eigenvalue weighted by Gasteiger charge is 2.01. The highest BCUT2D eigenvalue weighted by Crippen LogP contribution is 2.07. The van der Waals surface area contributed by atoms with Gasteiger partial charge in [0.15, 0.2) is 0 Å². The second-order valence-corrected chi connectivity index (χ2v) is 3.93. The van der Waals surface area contributed by atoms with Crippen molar-refractivity contribution >= 4 is 22.3 Å². The molecule has 1 aromatic carbocycles. The van der Waals surface area contributed by atoms with Crippen molar-refractivity contribution in [2.45, 2.75) is 0 Å². The summed E-state index contributed by atoms with van der Waals surface area (Å²) < 4.78 is 32.3. The molecule has 0 aliphatic heterocycles. The highest BCUT2D eigenvalue weighted by atomic mass is 32.3. The minimum absolute atomic E-state index is 0.0789. The highest BCUT2D eigenvalue weighted by molar-refractivity contribution is 7.89. The van der Waals surface area contributed by atoms with Gasteiger partial charge in [-0.25, -0.2) is 4.79 Å². The molecule has 0 spiro atoms. The summed E-state index contributed by atoms with van der Waals surface area (Å²) >= 11 is 0. The van der Waals surface area contributed by atoms with Gasteiger partial charge in [0.05, 0.1) is 11.0 Å². The third-order valence-corrected chi connectivity index (χ3v) is 2.04. The van der Waals surface area contributed by atoms with E-state index in [4.69, 9.17) is 5.11 Å². The molecular weight excluding hydrogens is 223 g/mol. The summed E-state index contributed by atoms with van der Waals surface area (Å²) in [6.07, 6.45) is 1.04. The lowest BCUT2D eigenvalue weighted by Gasteiger charge is -1.94. The van der Waals surface area contributed by atoms with Crippen LogP contribution in [0.4, 0.5) is 3.89 Å². The van der Waals surface area contributed by atoms with Gasteiger partial charge in [-0.05, 0) is 23.8 Å². The van der Waals surface area contributed by atoms with E-state index in [0.29, 0.717) is 11.0 Å². The monoisotopic (exact) mass is 230 g/mol. The summed E-state index contributed by atoms with van der Waals surface area (Å²) in [5, 5.41) is 8.97. The van der Waals surface area contributed by atoms with Crippen LogP contribution in [0.5, 0.6) is 0 Å². The fourth-order valence-corrected chi connectivity index (χ4v) is 1.22. The van der Waals surface area contributed by atoms with E-state index in [1.807, 2.05) is 0 Å². The van der Waals surface area contributed by atoms with Crippen molar-refractivity contribution in [2.24, 2.45) is 0 Å². The molecule has 1 N–H and O–H groups in total. The number of carboxylic acids is 1. The Bertz CT molecular complexity index is 487. The van der Waals surface area contributed by atoms with Crippen molar-refractivity contribution in [2.75, 3.05) is 0 Å². The van der Waals surface area contributed by atoms with Crippen LogP contribution in [-0.4, -0.2) is 19.5 Å². The summed E-state index contributed by atoms with van der Waals surface area (Å²) in [4.78, 5) is 10.5. The van der Waals surface area contributed by atoms with Crippen LogP contribution in [0, 0.1) is 0 Å². The van der Waals surface area contributed by atoms with Crippen molar-refractivity contribution in [3.63, 3.8) is 0 Å². The Balaban J connectivity index is 2.91. The molecule has 0 saturated carbocycles. The molecule has 0 aliphatic carbocycles. The summed E-state index contributed by atoms with van der Waals surface area (Å²) in [5.41, 5.74) is 0.483. The Morgan fingerprint density at radius 1 is 1.27 bits per heavy atom. The van der Waals surface area contributed by atoms with Gasteiger partial charge in [0.2, 0.25) is 0 Å². The van der Waals surface area contributed by atoms with Crippen LogP contribution in [-0.2, 0) is 10.2 Å². The van der Waals surface area contributed by atoms with Crippen LogP contribution >= 0.6 is 0 Å². The molecule has 1 rings (SSSR count). The quantitative estimate of drug-likeness (QED) is 0.801. The predicted octanol–water partition coefficient (Wildman–Crippen LogP) is 1.65. The second kappa shape index (κ2) is 4.22. The lowest BCUT2D eigenvalue weighted by molar-refractivity contribution is 0.0697. The minimum atomic E-state index is -4.65. The fourth-order valence-electron chi connectivity index (χ4n) is 0.897. The summed E-state index contributed by atoms with van der Waals surface area (Å²) in [6, 6.07) is 5.36. The zero-order valence-corrected chi connectivity index (χ0v) is 8.24.